The number of fused-ring (bicyclic) bond motifs is 1. The number of H-pyrrole nitrogens is 1. The summed E-state index contributed by atoms with van der Waals surface area (Å²) in [4.78, 5) is 26.3. The fourth-order valence-corrected chi connectivity index (χ4v) is 5.90. The van der Waals surface area contributed by atoms with Crippen LogP contribution in [0.2, 0.25) is 0 Å². The van der Waals surface area contributed by atoms with Crippen LogP contribution in [0.3, 0.4) is 0 Å². The number of aromatic amines is 1. The molecular formula is C20H24FN6O7P. The Kier molecular flexibility index (Phi) is 6.55. The number of halogens is 1. The van der Waals surface area contributed by atoms with Gasteiger partial charge in [-0.15, -0.1) is 5.10 Å². The van der Waals surface area contributed by atoms with E-state index in [1.807, 2.05) is 4.98 Å². The van der Waals surface area contributed by atoms with Crippen molar-refractivity contribution in [3.8, 4) is 0 Å². The van der Waals surface area contributed by atoms with Crippen molar-refractivity contribution in [2.24, 2.45) is 0 Å². The van der Waals surface area contributed by atoms with Crippen molar-refractivity contribution >= 4 is 18.8 Å². The summed E-state index contributed by atoms with van der Waals surface area (Å²) in [6.45, 7) is 0.623. The summed E-state index contributed by atoms with van der Waals surface area (Å²) < 4.78 is 47.3. The van der Waals surface area contributed by atoms with Crippen LogP contribution in [0.15, 0.2) is 40.1 Å². The molecule has 0 spiro atoms. The van der Waals surface area contributed by atoms with Gasteiger partial charge in [-0.1, -0.05) is 23.4 Å². The summed E-state index contributed by atoms with van der Waals surface area (Å²) in [6, 6.07) is 7.00. The third kappa shape index (κ3) is 4.80. The van der Waals surface area contributed by atoms with E-state index in [9.17, 15) is 23.7 Å². The molecule has 4 atom stereocenters. The molecule has 0 radical (unpaired) electrons. The number of para-hydroxylation sites is 1. The average molecular weight is 510 g/mol. The molecule has 15 heteroatoms. The summed E-state index contributed by atoms with van der Waals surface area (Å²) in [5, 5.41) is 18.4. The predicted octanol–water partition coefficient (Wildman–Crippen LogP) is 0.808. The van der Waals surface area contributed by atoms with Gasteiger partial charge in [0, 0.05) is 19.5 Å². The standard InChI is InChI=1S/C20H24FN6O7P/c21-13-11-26(20(30)22-19(13)29)18-10-16(28)17(33-18)12-32-35(31,25-8-4-1-5-9-25)34-27-15-7-3-2-6-14(15)23-24-27/h2-3,6-7,11,16-18,28H,1,4-5,8-10,12H2,(H,22,29,30). The maximum atomic E-state index is 13.9. The van der Waals surface area contributed by atoms with Crippen molar-refractivity contribution < 1.29 is 27.9 Å². The molecule has 2 aliphatic rings. The second-order valence-corrected chi connectivity index (χ2v) is 10.3. The zero-order chi connectivity index (χ0) is 24.6. The fraction of sp³-hybridized carbons (Fsp3) is 0.500. The number of benzene rings is 1. The monoisotopic (exact) mass is 510 g/mol. The van der Waals surface area contributed by atoms with Crippen molar-refractivity contribution in [3.05, 3.63) is 57.1 Å². The van der Waals surface area contributed by atoms with E-state index in [2.05, 4.69) is 10.3 Å². The summed E-state index contributed by atoms with van der Waals surface area (Å²) in [5.41, 5.74) is -0.973. The van der Waals surface area contributed by atoms with E-state index in [-0.39, 0.29) is 13.0 Å². The SMILES string of the molecule is O=c1[nH]c(=O)n(C2CC(O)C(COP(=O)(On3nnc4ccccc43)N3CCCCC3)O2)cc1F. The lowest BCUT2D eigenvalue weighted by molar-refractivity contribution is -0.0465. The van der Waals surface area contributed by atoms with Gasteiger partial charge in [0.15, 0.2) is 0 Å². The molecule has 2 N–H and O–H groups in total. The molecule has 2 saturated heterocycles. The fourth-order valence-electron chi connectivity index (χ4n) is 4.16. The van der Waals surface area contributed by atoms with Gasteiger partial charge < -0.3 is 14.5 Å². The maximum absolute atomic E-state index is 13.9. The van der Waals surface area contributed by atoms with E-state index < -0.39 is 43.2 Å². The number of aliphatic hydroxyl groups excluding tert-OH is 1. The minimum absolute atomic E-state index is 0.0675. The summed E-state index contributed by atoms with van der Waals surface area (Å²) in [6.07, 6.45) is 0.105. The normalized spacial score (nSPS) is 25.0. The van der Waals surface area contributed by atoms with Gasteiger partial charge in [-0.05, 0) is 30.2 Å². The summed E-state index contributed by atoms with van der Waals surface area (Å²) >= 11 is 0. The Morgan fingerprint density at radius 2 is 2.00 bits per heavy atom. The Bertz CT molecular complexity index is 1370. The zero-order valence-corrected chi connectivity index (χ0v) is 19.4. The van der Waals surface area contributed by atoms with Gasteiger partial charge in [-0.3, -0.25) is 18.9 Å². The van der Waals surface area contributed by atoms with Gasteiger partial charge in [0.25, 0.3) is 5.56 Å². The Labute approximate surface area is 197 Å². The number of ether oxygens (including phenoxy) is 1. The Morgan fingerprint density at radius 3 is 2.80 bits per heavy atom. The Hall–Kier alpha value is -2.90. The average Bonchev–Trinajstić information content (AvgIpc) is 3.44. The second kappa shape index (κ2) is 9.63. The predicted molar refractivity (Wildman–Crippen MR) is 119 cm³/mol. The number of hydrogen-bond donors (Lipinski definition) is 2. The first-order valence-corrected chi connectivity index (χ1v) is 12.7. The maximum Gasteiger partial charge on any atom is 0.481 e. The van der Waals surface area contributed by atoms with Crippen LogP contribution in [-0.4, -0.2) is 66.4 Å². The molecule has 0 aliphatic carbocycles. The van der Waals surface area contributed by atoms with Crippen LogP contribution in [0.25, 0.3) is 11.0 Å². The van der Waals surface area contributed by atoms with Crippen molar-refractivity contribution in [1.29, 1.82) is 0 Å². The zero-order valence-electron chi connectivity index (χ0n) is 18.5. The highest BCUT2D eigenvalue weighted by molar-refractivity contribution is 7.51. The van der Waals surface area contributed by atoms with Gasteiger partial charge in [0.1, 0.15) is 23.4 Å². The smallest absolute Gasteiger partial charge is 0.390 e. The lowest BCUT2D eigenvalue weighted by atomic mass is 10.2. The molecule has 35 heavy (non-hydrogen) atoms. The molecule has 2 aliphatic heterocycles. The summed E-state index contributed by atoms with van der Waals surface area (Å²) in [5.74, 6) is -1.16. The number of nitrogens with zero attached hydrogens (tertiary/aromatic N) is 5. The van der Waals surface area contributed by atoms with Crippen LogP contribution in [0.1, 0.15) is 31.9 Å². The first-order valence-electron chi connectivity index (χ1n) is 11.2. The number of aromatic nitrogens is 5. The molecular weight excluding hydrogens is 486 g/mol. The molecule has 13 nitrogen and oxygen atoms in total. The molecule has 3 aromatic rings. The van der Waals surface area contributed by atoms with Gasteiger partial charge in [-0.2, -0.15) is 9.06 Å². The van der Waals surface area contributed by atoms with Crippen molar-refractivity contribution in [2.75, 3.05) is 19.7 Å². The third-order valence-corrected chi connectivity index (χ3v) is 7.95. The Balaban J connectivity index is 1.34. The minimum Gasteiger partial charge on any atom is -0.390 e. The molecule has 0 bridgehead atoms. The Morgan fingerprint density at radius 1 is 1.23 bits per heavy atom. The molecule has 1 aromatic carbocycles. The van der Waals surface area contributed by atoms with Gasteiger partial charge >= 0.3 is 13.4 Å². The van der Waals surface area contributed by atoms with Crippen LogP contribution in [0, 0.1) is 5.82 Å². The number of rotatable bonds is 7. The number of piperidine rings is 1. The van der Waals surface area contributed by atoms with Crippen molar-refractivity contribution in [2.45, 2.75) is 44.1 Å². The van der Waals surface area contributed by atoms with Crippen molar-refractivity contribution in [1.82, 2.24) is 29.4 Å². The highest BCUT2D eigenvalue weighted by Crippen LogP contribution is 2.51. The van der Waals surface area contributed by atoms with E-state index in [4.69, 9.17) is 13.9 Å². The van der Waals surface area contributed by atoms with E-state index >= 15 is 0 Å². The molecule has 188 valence electrons. The molecule has 2 fully saturated rings. The van der Waals surface area contributed by atoms with E-state index in [0.717, 1.165) is 34.9 Å². The lowest BCUT2D eigenvalue weighted by Crippen LogP contribution is -2.35. The van der Waals surface area contributed by atoms with Crippen LogP contribution in [0.4, 0.5) is 4.39 Å². The number of hydrogen-bond acceptors (Lipinski definition) is 9. The minimum atomic E-state index is -3.96. The highest BCUT2D eigenvalue weighted by Gasteiger charge is 2.42. The molecule has 0 saturated carbocycles. The number of nitrogens with one attached hydrogen (secondary N) is 1. The molecule has 2 aromatic heterocycles. The van der Waals surface area contributed by atoms with E-state index in [1.54, 1.807) is 28.9 Å². The first kappa shape index (κ1) is 23.8. The van der Waals surface area contributed by atoms with Gasteiger partial charge in [-0.25, -0.2) is 9.36 Å². The van der Waals surface area contributed by atoms with Crippen LogP contribution >= 0.6 is 7.75 Å². The lowest BCUT2D eigenvalue weighted by Gasteiger charge is -2.32. The van der Waals surface area contributed by atoms with Gasteiger partial charge in [0.2, 0.25) is 5.82 Å². The topological polar surface area (TPSA) is 154 Å². The molecule has 0 amide bonds. The second-order valence-electron chi connectivity index (χ2n) is 8.39. The van der Waals surface area contributed by atoms with E-state index in [0.29, 0.717) is 24.1 Å². The summed E-state index contributed by atoms with van der Waals surface area (Å²) in [7, 11) is -3.96. The number of aliphatic hydroxyl groups is 1. The van der Waals surface area contributed by atoms with Crippen molar-refractivity contribution in [3.63, 3.8) is 0 Å². The van der Waals surface area contributed by atoms with Crippen LogP contribution in [-0.2, 0) is 13.8 Å². The molecule has 4 heterocycles. The van der Waals surface area contributed by atoms with Crippen LogP contribution in [0.5, 0.6) is 0 Å². The molecule has 4 unspecified atom stereocenters. The highest BCUT2D eigenvalue weighted by atomic mass is 31.2. The van der Waals surface area contributed by atoms with E-state index in [1.165, 1.54) is 0 Å². The molecule has 5 rings (SSSR count). The first-order chi connectivity index (χ1) is 16.8. The third-order valence-electron chi connectivity index (χ3n) is 6.02. The van der Waals surface area contributed by atoms with Gasteiger partial charge in [0.05, 0.1) is 18.9 Å². The quantitative estimate of drug-likeness (QED) is 0.437. The largest absolute Gasteiger partial charge is 0.481 e. The van der Waals surface area contributed by atoms with Crippen LogP contribution < -0.4 is 15.9 Å².